The molecule has 2 aromatic rings. The molecule has 110 valence electrons. The molecule has 0 aliphatic rings. The van der Waals surface area contributed by atoms with Crippen LogP contribution >= 0.6 is 15.9 Å². The highest BCUT2D eigenvalue weighted by Gasteiger charge is 2.13. The van der Waals surface area contributed by atoms with Crippen LogP contribution in [0.25, 0.3) is 0 Å². The number of carbonyl (C=O) groups excluding carboxylic acids is 1. The van der Waals surface area contributed by atoms with Crippen LogP contribution in [0.3, 0.4) is 0 Å². The fraction of sp³-hybridized carbons (Fsp3) is 0.278. The van der Waals surface area contributed by atoms with E-state index < -0.39 is 0 Å². The third-order valence-corrected chi connectivity index (χ3v) is 4.34. The maximum atomic E-state index is 12.4. The molecule has 21 heavy (non-hydrogen) atoms. The van der Waals surface area contributed by atoms with Gasteiger partial charge in [-0.2, -0.15) is 0 Å². The Morgan fingerprint density at radius 2 is 1.62 bits per heavy atom. The fourth-order valence-electron chi connectivity index (χ4n) is 2.55. The van der Waals surface area contributed by atoms with Gasteiger partial charge in [-0.25, -0.2) is 0 Å². The maximum absolute atomic E-state index is 12.4. The number of carbonyl (C=O) groups is 1. The molecule has 2 rings (SSSR count). The molecule has 0 N–H and O–H groups in total. The van der Waals surface area contributed by atoms with E-state index >= 15 is 0 Å². The van der Waals surface area contributed by atoms with Gasteiger partial charge in [0.2, 0.25) is 5.78 Å². The van der Waals surface area contributed by atoms with E-state index in [1.807, 2.05) is 58.0 Å². The molecule has 0 heterocycles. The van der Waals surface area contributed by atoms with Crippen molar-refractivity contribution in [3.63, 3.8) is 0 Å². The minimum Gasteiger partial charge on any atom is -0.485 e. The van der Waals surface area contributed by atoms with Crippen LogP contribution in [-0.4, -0.2) is 12.4 Å². The molecule has 0 unspecified atom stereocenters. The second-order valence-electron chi connectivity index (χ2n) is 5.40. The van der Waals surface area contributed by atoms with Gasteiger partial charge < -0.3 is 4.74 Å². The van der Waals surface area contributed by atoms with Crippen molar-refractivity contribution < 1.29 is 9.53 Å². The normalized spacial score (nSPS) is 10.5. The van der Waals surface area contributed by atoms with Gasteiger partial charge in [0.15, 0.2) is 6.61 Å². The van der Waals surface area contributed by atoms with Crippen molar-refractivity contribution in [1.82, 2.24) is 0 Å². The van der Waals surface area contributed by atoms with Gasteiger partial charge in [0.05, 0.1) is 0 Å². The standard InChI is InChI=1S/C18H19BrO2/c1-11-7-13(3)18(14(4)8-11)17(20)10-21-15-5-6-16(19)12(2)9-15/h5-9H,10H2,1-4H3. The topological polar surface area (TPSA) is 26.3 Å². The van der Waals surface area contributed by atoms with Crippen molar-refractivity contribution in [2.24, 2.45) is 0 Å². The SMILES string of the molecule is Cc1cc(C)c(C(=O)COc2ccc(Br)c(C)c2)c(C)c1. The van der Waals surface area contributed by atoms with Gasteiger partial charge >= 0.3 is 0 Å². The van der Waals surface area contributed by atoms with Crippen molar-refractivity contribution in [2.45, 2.75) is 27.7 Å². The summed E-state index contributed by atoms with van der Waals surface area (Å²) >= 11 is 3.45. The molecule has 0 bridgehead atoms. The summed E-state index contributed by atoms with van der Waals surface area (Å²) in [5, 5.41) is 0. The summed E-state index contributed by atoms with van der Waals surface area (Å²) in [6.45, 7) is 8.03. The van der Waals surface area contributed by atoms with Crippen LogP contribution in [0.1, 0.15) is 32.6 Å². The number of aryl methyl sites for hydroxylation is 4. The second-order valence-corrected chi connectivity index (χ2v) is 6.25. The Labute approximate surface area is 134 Å². The van der Waals surface area contributed by atoms with Gasteiger partial charge in [0.1, 0.15) is 5.75 Å². The summed E-state index contributed by atoms with van der Waals surface area (Å²) in [6.07, 6.45) is 0. The minimum atomic E-state index is 0.0190. The Morgan fingerprint density at radius 3 is 2.19 bits per heavy atom. The summed E-state index contributed by atoms with van der Waals surface area (Å²) < 4.78 is 6.66. The first kappa shape index (κ1) is 15.8. The molecule has 0 spiro atoms. The molecule has 2 nitrogen and oxygen atoms in total. The molecule has 0 atom stereocenters. The number of rotatable bonds is 4. The molecular formula is C18H19BrO2. The molecular weight excluding hydrogens is 328 g/mol. The number of benzene rings is 2. The lowest BCUT2D eigenvalue weighted by Gasteiger charge is -2.12. The number of Topliss-reactive ketones (excluding diaryl/α,β-unsaturated/α-hetero) is 1. The third kappa shape index (κ3) is 3.73. The smallest absolute Gasteiger partial charge is 0.200 e. The van der Waals surface area contributed by atoms with E-state index in [9.17, 15) is 4.79 Å². The molecule has 0 aromatic heterocycles. The predicted molar refractivity (Wildman–Crippen MR) is 89.4 cm³/mol. The Hall–Kier alpha value is -1.61. The molecule has 3 heteroatoms. The molecule has 0 aliphatic carbocycles. The molecule has 0 amide bonds. The highest BCUT2D eigenvalue weighted by atomic mass is 79.9. The van der Waals surface area contributed by atoms with Crippen molar-refractivity contribution in [3.8, 4) is 5.75 Å². The van der Waals surface area contributed by atoms with Gasteiger partial charge in [-0.05, 0) is 62.6 Å². The summed E-state index contributed by atoms with van der Waals surface area (Å²) in [7, 11) is 0. The lowest BCUT2D eigenvalue weighted by molar-refractivity contribution is 0.0920. The first-order valence-electron chi connectivity index (χ1n) is 6.88. The average molecular weight is 347 g/mol. The lowest BCUT2D eigenvalue weighted by atomic mass is 9.97. The van der Waals surface area contributed by atoms with Crippen molar-refractivity contribution >= 4 is 21.7 Å². The zero-order chi connectivity index (χ0) is 15.6. The summed E-state index contributed by atoms with van der Waals surface area (Å²) in [4.78, 5) is 12.4. The molecule has 0 fully saturated rings. The average Bonchev–Trinajstić information content (AvgIpc) is 2.39. The van der Waals surface area contributed by atoms with Gasteiger partial charge in [0, 0.05) is 10.0 Å². The first-order chi connectivity index (χ1) is 9.88. The zero-order valence-electron chi connectivity index (χ0n) is 12.8. The van der Waals surface area contributed by atoms with Crippen LogP contribution in [0.4, 0.5) is 0 Å². The van der Waals surface area contributed by atoms with Gasteiger partial charge in [-0.15, -0.1) is 0 Å². The van der Waals surface area contributed by atoms with Gasteiger partial charge in [-0.3, -0.25) is 4.79 Å². The Bertz CT molecular complexity index is 667. The lowest BCUT2D eigenvalue weighted by Crippen LogP contribution is -2.14. The number of halogens is 1. The monoisotopic (exact) mass is 346 g/mol. The molecule has 2 aromatic carbocycles. The Morgan fingerprint density at radius 1 is 1.00 bits per heavy atom. The van der Waals surface area contributed by atoms with E-state index in [0.29, 0.717) is 5.75 Å². The van der Waals surface area contributed by atoms with E-state index in [2.05, 4.69) is 15.9 Å². The Balaban J connectivity index is 2.13. The van der Waals surface area contributed by atoms with Gasteiger partial charge in [-0.1, -0.05) is 33.6 Å². The predicted octanol–water partition coefficient (Wildman–Crippen LogP) is 4.94. The molecule has 0 saturated carbocycles. The van der Waals surface area contributed by atoms with Crippen molar-refractivity contribution in [2.75, 3.05) is 6.61 Å². The largest absolute Gasteiger partial charge is 0.485 e. The summed E-state index contributed by atoms with van der Waals surface area (Å²) in [5.74, 6) is 0.733. The molecule has 0 saturated heterocycles. The highest BCUT2D eigenvalue weighted by Crippen LogP contribution is 2.22. The van der Waals surface area contributed by atoms with E-state index in [1.54, 1.807) is 0 Å². The maximum Gasteiger partial charge on any atom is 0.200 e. The van der Waals surface area contributed by atoms with E-state index in [4.69, 9.17) is 4.74 Å². The van der Waals surface area contributed by atoms with Crippen molar-refractivity contribution in [1.29, 1.82) is 0 Å². The number of hydrogen-bond donors (Lipinski definition) is 0. The van der Waals surface area contributed by atoms with E-state index in [1.165, 1.54) is 5.56 Å². The van der Waals surface area contributed by atoms with Crippen LogP contribution in [0, 0.1) is 27.7 Å². The number of hydrogen-bond acceptors (Lipinski definition) is 2. The minimum absolute atomic E-state index is 0.0190. The zero-order valence-corrected chi connectivity index (χ0v) is 14.4. The van der Waals surface area contributed by atoms with Crippen LogP contribution in [-0.2, 0) is 0 Å². The Kier molecular flexibility index (Phi) is 4.84. The quantitative estimate of drug-likeness (QED) is 0.732. The fourth-order valence-corrected chi connectivity index (χ4v) is 2.79. The van der Waals surface area contributed by atoms with E-state index in [0.717, 1.165) is 26.7 Å². The number of ketones is 1. The molecule has 0 radical (unpaired) electrons. The third-order valence-electron chi connectivity index (χ3n) is 3.46. The van der Waals surface area contributed by atoms with Crippen LogP contribution in [0.5, 0.6) is 5.75 Å². The first-order valence-corrected chi connectivity index (χ1v) is 7.68. The second kappa shape index (κ2) is 6.44. The van der Waals surface area contributed by atoms with E-state index in [-0.39, 0.29) is 12.4 Å². The van der Waals surface area contributed by atoms with Crippen molar-refractivity contribution in [3.05, 3.63) is 62.6 Å². The van der Waals surface area contributed by atoms with Crippen LogP contribution in [0.2, 0.25) is 0 Å². The highest BCUT2D eigenvalue weighted by molar-refractivity contribution is 9.10. The van der Waals surface area contributed by atoms with Gasteiger partial charge in [0.25, 0.3) is 0 Å². The summed E-state index contributed by atoms with van der Waals surface area (Å²) in [5.41, 5.74) is 5.05. The molecule has 0 aliphatic heterocycles. The van der Waals surface area contributed by atoms with Crippen LogP contribution < -0.4 is 4.74 Å². The number of ether oxygens (including phenoxy) is 1. The summed E-state index contributed by atoms with van der Waals surface area (Å²) in [6, 6.07) is 9.77. The van der Waals surface area contributed by atoms with Crippen LogP contribution in [0.15, 0.2) is 34.8 Å².